The van der Waals surface area contributed by atoms with Crippen molar-refractivity contribution >= 4 is 0 Å². The summed E-state index contributed by atoms with van der Waals surface area (Å²) in [6.07, 6.45) is 2.32. The average Bonchev–Trinajstić information content (AvgIpc) is 2.62. The molecule has 0 fully saturated rings. The molecule has 1 atom stereocenters. The van der Waals surface area contributed by atoms with Gasteiger partial charge in [0.15, 0.2) is 0 Å². The lowest BCUT2D eigenvalue weighted by molar-refractivity contribution is 0.000637. The Kier molecular flexibility index (Phi) is 3.39. The van der Waals surface area contributed by atoms with Crippen LogP contribution in [0.2, 0.25) is 0 Å². The summed E-state index contributed by atoms with van der Waals surface area (Å²) < 4.78 is 0. The van der Waals surface area contributed by atoms with E-state index in [9.17, 15) is 0 Å². The Morgan fingerprint density at radius 1 is 1.40 bits per heavy atom. The molecule has 1 aliphatic carbocycles. The van der Waals surface area contributed by atoms with E-state index in [0.717, 1.165) is 13.0 Å². The Labute approximate surface area is 91.6 Å². The number of rotatable bonds is 4. The number of hydroxylamine groups is 1. The molecule has 0 radical (unpaired) electrons. The van der Waals surface area contributed by atoms with Crippen molar-refractivity contribution < 1.29 is 4.84 Å². The van der Waals surface area contributed by atoms with Gasteiger partial charge < -0.3 is 4.84 Å². The van der Waals surface area contributed by atoms with Gasteiger partial charge in [0.05, 0.1) is 12.6 Å². The molecule has 0 saturated carbocycles. The van der Waals surface area contributed by atoms with E-state index in [2.05, 4.69) is 43.6 Å². The van der Waals surface area contributed by atoms with Gasteiger partial charge in [-0.3, -0.25) is 0 Å². The molecule has 82 valence electrons. The van der Waals surface area contributed by atoms with Crippen LogP contribution in [0.15, 0.2) is 24.3 Å². The third-order valence-electron chi connectivity index (χ3n) is 2.78. The predicted molar refractivity (Wildman–Crippen MR) is 61.4 cm³/mol. The summed E-state index contributed by atoms with van der Waals surface area (Å²) in [6.45, 7) is 5.09. The minimum Gasteiger partial charge on any atom is -0.301 e. The third kappa shape index (κ3) is 2.58. The molecule has 0 heterocycles. The van der Waals surface area contributed by atoms with E-state index in [4.69, 9.17) is 4.84 Å². The van der Waals surface area contributed by atoms with Crippen LogP contribution in [-0.2, 0) is 11.3 Å². The number of nitrogens with one attached hydrogen (secondary N) is 1. The Morgan fingerprint density at radius 2 is 2.20 bits per heavy atom. The first-order chi connectivity index (χ1) is 7.27. The highest BCUT2D eigenvalue weighted by Crippen LogP contribution is 2.30. The molecule has 1 unspecified atom stereocenters. The van der Waals surface area contributed by atoms with Crippen molar-refractivity contribution in [2.24, 2.45) is 5.92 Å². The summed E-state index contributed by atoms with van der Waals surface area (Å²) in [5, 5.41) is 0. The van der Waals surface area contributed by atoms with Crippen LogP contribution in [0, 0.1) is 5.92 Å². The van der Waals surface area contributed by atoms with Crippen LogP contribution >= 0.6 is 0 Å². The van der Waals surface area contributed by atoms with Gasteiger partial charge in [-0.25, -0.2) is 0 Å². The molecule has 0 aromatic heterocycles. The predicted octanol–water partition coefficient (Wildman–Crippen LogP) is 2.85. The van der Waals surface area contributed by atoms with Crippen molar-refractivity contribution in [3.05, 3.63) is 35.4 Å². The molecular formula is C13H19NO. The standard InChI is InChI=1S/C13H19NO/c1-10(2)9-15-14-13-8-7-11-5-3-4-6-12(11)13/h3-6,10,13-14H,7-9H2,1-2H3. The molecule has 0 bridgehead atoms. The molecule has 2 heteroatoms. The van der Waals surface area contributed by atoms with Crippen LogP contribution in [0.3, 0.4) is 0 Å². The smallest absolute Gasteiger partial charge is 0.0705 e. The zero-order chi connectivity index (χ0) is 10.7. The molecule has 1 aliphatic rings. The highest BCUT2D eigenvalue weighted by molar-refractivity contribution is 5.33. The van der Waals surface area contributed by atoms with Crippen molar-refractivity contribution in [2.75, 3.05) is 6.61 Å². The number of hydrogen-bond donors (Lipinski definition) is 1. The zero-order valence-corrected chi connectivity index (χ0v) is 9.49. The lowest BCUT2D eigenvalue weighted by Gasteiger charge is -2.14. The number of benzene rings is 1. The fourth-order valence-electron chi connectivity index (χ4n) is 1.99. The van der Waals surface area contributed by atoms with E-state index in [-0.39, 0.29) is 0 Å². The Balaban J connectivity index is 1.90. The van der Waals surface area contributed by atoms with Gasteiger partial charge in [-0.1, -0.05) is 38.1 Å². The molecule has 2 rings (SSSR count). The van der Waals surface area contributed by atoms with Crippen LogP contribution in [0.25, 0.3) is 0 Å². The molecule has 1 aromatic carbocycles. The molecule has 2 nitrogen and oxygen atoms in total. The van der Waals surface area contributed by atoms with Gasteiger partial charge >= 0.3 is 0 Å². The van der Waals surface area contributed by atoms with E-state index in [1.807, 2.05) is 0 Å². The van der Waals surface area contributed by atoms with Crippen molar-refractivity contribution in [3.8, 4) is 0 Å². The van der Waals surface area contributed by atoms with Crippen molar-refractivity contribution in [1.82, 2.24) is 5.48 Å². The summed E-state index contributed by atoms with van der Waals surface area (Å²) in [5.74, 6) is 0.578. The van der Waals surface area contributed by atoms with Gasteiger partial charge in [0, 0.05) is 0 Å². The van der Waals surface area contributed by atoms with E-state index in [0.29, 0.717) is 12.0 Å². The second-order valence-corrected chi connectivity index (χ2v) is 4.61. The topological polar surface area (TPSA) is 21.3 Å². The van der Waals surface area contributed by atoms with Gasteiger partial charge in [-0.15, -0.1) is 0 Å². The fourth-order valence-corrected chi connectivity index (χ4v) is 1.99. The molecule has 1 N–H and O–H groups in total. The first-order valence-electron chi connectivity index (χ1n) is 5.72. The van der Waals surface area contributed by atoms with Crippen molar-refractivity contribution in [3.63, 3.8) is 0 Å². The maximum absolute atomic E-state index is 5.49. The number of fused-ring (bicyclic) bond motifs is 1. The zero-order valence-electron chi connectivity index (χ0n) is 9.49. The monoisotopic (exact) mass is 205 g/mol. The van der Waals surface area contributed by atoms with Gasteiger partial charge in [0.1, 0.15) is 0 Å². The fraction of sp³-hybridized carbons (Fsp3) is 0.538. The van der Waals surface area contributed by atoms with Gasteiger partial charge in [-0.05, 0) is 29.9 Å². The van der Waals surface area contributed by atoms with Crippen LogP contribution in [-0.4, -0.2) is 6.61 Å². The second kappa shape index (κ2) is 4.77. The quantitative estimate of drug-likeness (QED) is 0.763. The van der Waals surface area contributed by atoms with Gasteiger partial charge in [-0.2, -0.15) is 5.48 Å². The molecule has 0 amide bonds. The molecule has 1 aromatic rings. The Morgan fingerprint density at radius 3 is 3.00 bits per heavy atom. The summed E-state index contributed by atoms with van der Waals surface area (Å²) in [7, 11) is 0. The minimum atomic E-state index is 0.389. The van der Waals surface area contributed by atoms with Crippen LogP contribution in [0.5, 0.6) is 0 Å². The van der Waals surface area contributed by atoms with Gasteiger partial charge in [0.25, 0.3) is 0 Å². The Hall–Kier alpha value is -0.860. The normalized spacial score (nSPS) is 19.5. The van der Waals surface area contributed by atoms with Crippen LogP contribution in [0.4, 0.5) is 0 Å². The second-order valence-electron chi connectivity index (χ2n) is 4.61. The largest absolute Gasteiger partial charge is 0.301 e. The summed E-state index contributed by atoms with van der Waals surface area (Å²) in [5.41, 5.74) is 6.03. The third-order valence-corrected chi connectivity index (χ3v) is 2.78. The van der Waals surface area contributed by atoms with E-state index in [1.165, 1.54) is 17.5 Å². The van der Waals surface area contributed by atoms with E-state index < -0.39 is 0 Å². The lowest BCUT2D eigenvalue weighted by atomic mass is 10.1. The number of aryl methyl sites for hydroxylation is 1. The highest BCUT2D eigenvalue weighted by atomic mass is 16.6. The summed E-state index contributed by atoms with van der Waals surface area (Å²) in [6, 6.07) is 9.00. The molecule has 0 aliphatic heterocycles. The lowest BCUT2D eigenvalue weighted by Crippen LogP contribution is -2.22. The maximum atomic E-state index is 5.49. The number of hydrogen-bond acceptors (Lipinski definition) is 2. The molecule has 0 saturated heterocycles. The first kappa shape index (κ1) is 10.7. The molecule has 15 heavy (non-hydrogen) atoms. The van der Waals surface area contributed by atoms with Crippen molar-refractivity contribution in [1.29, 1.82) is 0 Å². The molecule has 0 spiro atoms. The van der Waals surface area contributed by atoms with Gasteiger partial charge in [0.2, 0.25) is 0 Å². The summed E-state index contributed by atoms with van der Waals surface area (Å²) >= 11 is 0. The minimum absolute atomic E-state index is 0.389. The Bertz CT molecular complexity index is 322. The van der Waals surface area contributed by atoms with E-state index in [1.54, 1.807) is 0 Å². The SMILES string of the molecule is CC(C)CONC1CCc2ccccc21. The summed E-state index contributed by atoms with van der Waals surface area (Å²) in [4.78, 5) is 5.49. The van der Waals surface area contributed by atoms with Crippen molar-refractivity contribution in [2.45, 2.75) is 32.7 Å². The van der Waals surface area contributed by atoms with Crippen LogP contribution in [0.1, 0.15) is 37.4 Å². The molecular weight excluding hydrogens is 186 g/mol. The van der Waals surface area contributed by atoms with E-state index >= 15 is 0 Å². The maximum Gasteiger partial charge on any atom is 0.0705 e. The first-order valence-corrected chi connectivity index (χ1v) is 5.72. The average molecular weight is 205 g/mol. The van der Waals surface area contributed by atoms with Crippen LogP contribution < -0.4 is 5.48 Å². The highest BCUT2D eigenvalue weighted by Gasteiger charge is 2.21.